The highest BCUT2D eigenvalue weighted by Gasteiger charge is 2.08. The van der Waals surface area contributed by atoms with Crippen molar-refractivity contribution in [3.05, 3.63) is 23.5 Å². The number of ether oxygens (including phenoxy) is 2. The second-order valence-corrected chi connectivity index (χ2v) is 8.17. The van der Waals surface area contributed by atoms with Gasteiger partial charge >= 0.3 is 11.9 Å². The first-order chi connectivity index (χ1) is 14.5. The Balaban J connectivity index is 2.01. The Morgan fingerprint density at radius 3 is 1.93 bits per heavy atom. The van der Waals surface area contributed by atoms with Gasteiger partial charge < -0.3 is 9.47 Å². The van der Waals surface area contributed by atoms with Gasteiger partial charge in [0.05, 0.1) is 5.69 Å². The number of hydrogen-bond donors (Lipinski definition) is 0. The van der Waals surface area contributed by atoms with Crippen LogP contribution >= 0.6 is 0 Å². The summed E-state index contributed by atoms with van der Waals surface area (Å²) in [5.41, 5.74) is 1.35. The second kappa shape index (κ2) is 16.8. The molecular formula is C25H41NO4. The van der Waals surface area contributed by atoms with Gasteiger partial charge in [0.25, 0.3) is 0 Å². The number of nitrogens with zero attached hydrogens (tertiary/aromatic N) is 1. The molecular weight excluding hydrogens is 378 g/mol. The number of esters is 2. The number of aromatic nitrogens is 1. The summed E-state index contributed by atoms with van der Waals surface area (Å²) in [4.78, 5) is 27.2. The summed E-state index contributed by atoms with van der Waals surface area (Å²) in [6.45, 7) is 5.53. The molecule has 1 aromatic rings. The first-order valence-corrected chi connectivity index (χ1v) is 11.8. The average molecular weight is 420 g/mol. The molecule has 5 heteroatoms. The number of rotatable bonds is 17. The van der Waals surface area contributed by atoms with E-state index in [-0.39, 0.29) is 12.6 Å². The van der Waals surface area contributed by atoms with Gasteiger partial charge in [0.2, 0.25) is 0 Å². The van der Waals surface area contributed by atoms with E-state index in [1.165, 1.54) is 77.6 Å². The predicted octanol–water partition coefficient (Wildman–Crippen LogP) is 6.84. The van der Waals surface area contributed by atoms with E-state index in [4.69, 9.17) is 9.47 Å². The molecule has 0 aromatic carbocycles. The summed E-state index contributed by atoms with van der Waals surface area (Å²) >= 11 is 0. The van der Waals surface area contributed by atoms with Crippen molar-refractivity contribution in [3.63, 3.8) is 0 Å². The molecule has 0 aliphatic rings. The number of carbonyl (C=O) groups excluding carboxylic acids is 2. The fourth-order valence-electron chi connectivity index (χ4n) is 3.41. The minimum Gasteiger partial charge on any atom is -0.461 e. The Morgan fingerprint density at radius 1 is 0.867 bits per heavy atom. The van der Waals surface area contributed by atoms with E-state index in [0.29, 0.717) is 17.9 Å². The minimum atomic E-state index is -0.392. The van der Waals surface area contributed by atoms with Crippen molar-refractivity contribution in [1.29, 1.82) is 0 Å². The Morgan fingerprint density at radius 2 is 1.40 bits per heavy atom. The van der Waals surface area contributed by atoms with Crippen LogP contribution in [0.5, 0.6) is 5.75 Å². The van der Waals surface area contributed by atoms with Gasteiger partial charge in [0, 0.05) is 25.1 Å². The van der Waals surface area contributed by atoms with Crippen molar-refractivity contribution in [1.82, 2.24) is 4.98 Å². The van der Waals surface area contributed by atoms with Gasteiger partial charge in [0.1, 0.15) is 6.61 Å². The molecule has 0 aliphatic carbocycles. The van der Waals surface area contributed by atoms with Crippen molar-refractivity contribution < 1.29 is 19.1 Å². The summed E-state index contributed by atoms with van der Waals surface area (Å²) in [7, 11) is 0. The molecule has 0 aliphatic heterocycles. The third kappa shape index (κ3) is 13.3. The molecule has 0 N–H and O–H groups in total. The van der Waals surface area contributed by atoms with E-state index in [9.17, 15) is 9.59 Å². The first kappa shape index (κ1) is 26.1. The lowest BCUT2D eigenvalue weighted by atomic mass is 10.0. The Labute approximate surface area is 183 Å². The van der Waals surface area contributed by atoms with E-state index in [1.807, 2.05) is 0 Å². The van der Waals surface area contributed by atoms with E-state index in [0.717, 1.165) is 18.4 Å². The van der Waals surface area contributed by atoms with E-state index in [1.54, 1.807) is 19.2 Å². The van der Waals surface area contributed by atoms with E-state index in [2.05, 4.69) is 11.9 Å². The van der Waals surface area contributed by atoms with Crippen molar-refractivity contribution >= 4 is 11.9 Å². The first-order valence-electron chi connectivity index (χ1n) is 11.8. The number of carbonyl (C=O) groups is 2. The molecule has 0 fully saturated rings. The zero-order valence-corrected chi connectivity index (χ0v) is 19.3. The molecule has 0 saturated heterocycles. The molecule has 0 saturated carbocycles. The topological polar surface area (TPSA) is 65.5 Å². The fraction of sp³-hybridized carbons (Fsp3) is 0.720. The van der Waals surface area contributed by atoms with E-state index < -0.39 is 5.97 Å². The van der Waals surface area contributed by atoms with Crippen LogP contribution in [-0.4, -0.2) is 16.9 Å². The highest BCUT2D eigenvalue weighted by molar-refractivity contribution is 5.70. The summed E-state index contributed by atoms with van der Waals surface area (Å²) in [5, 5.41) is 0. The number of pyridine rings is 1. The van der Waals surface area contributed by atoms with Crippen LogP contribution in [-0.2, 0) is 20.9 Å². The van der Waals surface area contributed by atoms with Crippen LogP contribution in [0.1, 0.15) is 115 Å². The lowest BCUT2D eigenvalue weighted by molar-refractivity contribution is -0.145. The van der Waals surface area contributed by atoms with Gasteiger partial charge in [-0.05, 0) is 19.4 Å². The standard InChI is InChI=1S/C25H41NO4/c1-4-5-6-7-8-9-10-11-12-13-14-15-16-17-25(28)29-20-23-18-24(30-22(3)27)21(2)26-19-23/h18-19H,4-17,20H2,1-3H3. The highest BCUT2D eigenvalue weighted by atomic mass is 16.5. The molecule has 0 unspecified atom stereocenters. The summed E-state index contributed by atoms with van der Waals surface area (Å²) < 4.78 is 10.4. The smallest absolute Gasteiger partial charge is 0.308 e. The molecule has 0 bridgehead atoms. The number of unbranched alkanes of at least 4 members (excludes halogenated alkanes) is 12. The van der Waals surface area contributed by atoms with Crippen LogP contribution < -0.4 is 4.74 Å². The monoisotopic (exact) mass is 419 g/mol. The third-order valence-corrected chi connectivity index (χ3v) is 5.24. The van der Waals surface area contributed by atoms with Gasteiger partial charge in [-0.2, -0.15) is 0 Å². The molecule has 0 atom stereocenters. The summed E-state index contributed by atoms with van der Waals surface area (Å²) in [6.07, 6.45) is 18.8. The van der Waals surface area contributed by atoms with Gasteiger partial charge in [-0.25, -0.2) is 0 Å². The molecule has 0 spiro atoms. The summed E-state index contributed by atoms with van der Waals surface area (Å²) in [6, 6.07) is 1.70. The van der Waals surface area contributed by atoms with Crippen LogP contribution in [0.2, 0.25) is 0 Å². The number of hydrogen-bond acceptors (Lipinski definition) is 5. The normalized spacial score (nSPS) is 10.8. The molecule has 5 nitrogen and oxygen atoms in total. The third-order valence-electron chi connectivity index (χ3n) is 5.24. The molecule has 0 amide bonds. The molecule has 1 rings (SSSR count). The van der Waals surface area contributed by atoms with Crippen LogP contribution in [0.15, 0.2) is 12.3 Å². The van der Waals surface area contributed by atoms with Crippen LogP contribution in [0, 0.1) is 6.92 Å². The van der Waals surface area contributed by atoms with Crippen LogP contribution in [0.3, 0.4) is 0 Å². The van der Waals surface area contributed by atoms with Crippen LogP contribution in [0.25, 0.3) is 0 Å². The van der Waals surface area contributed by atoms with Crippen molar-refractivity contribution in [3.8, 4) is 5.75 Å². The zero-order chi connectivity index (χ0) is 22.0. The van der Waals surface area contributed by atoms with Crippen molar-refractivity contribution in [2.75, 3.05) is 0 Å². The van der Waals surface area contributed by atoms with Gasteiger partial charge in [-0.3, -0.25) is 14.6 Å². The minimum absolute atomic E-state index is 0.152. The molecule has 0 radical (unpaired) electrons. The highest BCUT2D eigenvalue weighted by Crippen LogP contribution is 2.18. The maximum Gasteiger partial charge on any atom is 0.308 e. The van der Waals surface area contributed by atoms with Crippen molar-refractivity contribution in [2.45, 2.75) is 117 Å². The van der Waals surface area contributed by atoms with E-state index >= 15 is 0 Å². The quantitative estimate of drug-likeness (QED) is 0.204. The molecule has 30 heavy (non-hydrogen) atoms. The predicted molar refractivity (Wildman–Crippen MR) is 120 cm³/mol. The zero-order valence-electron chi connectivity index (χ0n) is 19.3. The molecule has 1 heterocycles. The largest absolute Gasteiger partial charge is 0.461 e. The van der Waals surface area contributed by atoms with Gasteiger partial charge in [0.15, 0.2) is 5.75 Å². The second-order valence-electron chi connectivity index (χ2n) is 8.17. The Kier molecular flexibility index (Phi) is 14.7. The van der Waals surface area contributed by atoms with Gasteiger partial charge in [-0.15, -0.1) is 0 Å². The molecule has 170 valence electrons. The Hall–Kier alpha value is -1.91. The molecule has 1 aromatic heterocycles. The fourth-order valence-corrected chi connectivity index (χ4v) is 3.41. The van der Waals surface area contributed by atoms with Gasteiger partial charge in [-0.1, -0.05) is 84.0 Å². The summed E-state index contributed by atoms with van der Waals surface area (Å²) in [5.74, 6) is -0.170. The Bertz CT molecular complexity index is 615. The number of aryl methyl sites for hydroxylation is 1. The van der Waals surface area contributed by atoms with Crippen molar-refractivity contribution in [2.24, 2.45) is 0 Å². The lowest BCUT2D eigenvalue weighted by Crippen LogP contribution is -2.07. The maximum absolute atomic E-state index is 11.9. The maximum atomic E-state index is 11.9. The van der Waals surface area contributed by atoms with Crippen LogP contribution in [0.4, 0.5) is 0 Å². The SMILES string of the molecule is CCCCCCCCCCCCCCCC(=O)OCc1cnc(C)c(OC(C)=O)c1. The average Bonchev–Trinajstić information content (AvgIpc) is 2.71. The lowest BCUT2D eigenvalue weighted by Gasteiger charge is -2.08.